The van der Waals surface area contributed by atoms with Crippen LogP contribution < -0.4 is 4.90 Å². The first kappa shape index (κ1) is 29.2. The van der Waals surface area contributed by atoms with Crippen molar-refractivity contribution in [2.75, 3.05) is 4.90 Å². The molecule has 1 aliphatic carbocycles. The number of rotatable bonds is 5. The van der Waals surface area contributed by atoms with Crippen LogP contribution in [0.2, 0.25) is 0 Å². The molecule has 49 heavy (non-hydrogen) atoms. The van der Waals surface area contributed by atoms with Gasteiger partial charge in [0.25, 0.3) is 0 Å². The van der Waals surface area contributed by atoms with E-state index in [1.165, 1.54) is 77.3 Å². The number of anilines is 3. The maximum Gasteiger partial charge on any atom is 0.0621 e. The minimum atomic E-state index is -0.114. The van der Waals surface area contributed by atoms with Crippen molar-refractivity contribution in [1.29, 1.82) is 0 Å². The molecule has 0 atom stereocenters. The SMILES string of the molecule is Cc1ccc(N(c2ccc(-c3ccc4ccccc4c3-c3ccccc3)cc2)c2c3c(cc4ccccc24)C(C)(C)c2ccccc2-3)cc1. The third-order valence-corrected chi connectivity index (χ3v) is 10.5. The van der Waals surface area contributed by atoms with Gasteiger partial charge in [0.05, 0.1) is 5.69 Å². The molecule has 0 unspecified atom stereocenters. The van der Waals surface area contributed by atoms with Crippen LogP contribution >= 0.6 is 0 Å². The second kappa shape index (κ2) is 11.4. The quantitative estimate of drug-likeness (QED) is 0.183. The van der Waals surface area contributed by atoms with Gasteiger partial charge in [-0.05, 0) is 92.4 Å². The average Bonchev–Trinajstić information content (AvgIpc) is 3.38. The van der Waals surface area contributed by atoms with Crippen molar-refractivity contribution in [2.24, 2.45) is 0 Å². The summed E-state index contributed by atoms with van der Waals surface area (Å²) in [5, 5.41) is 5.03. The summed E-state index contributed by atoms with van der Waals surface area (Å²) < 4.78 is 0. The van der Waals surface area contributed by atoms with Crippen LogP contribution in [0.5, 0.6) is 0 Å². The van der Waals surface area contributed by atoms with Crippen molar-refractivity contribution < 1.29 is 0 Å². The Kier molecular flexibility index (Phi) is 6.78. The molecule has 1 aliphatic rings. The van der Waals surface area contributed by atoms with E-state index < -0.39 is 0 Å². The van der Waals surface area contributed by atoms with E-state index in [9.17, 15) is 0 Å². The van der Waals surface area contributed by atoms with E-state index in [1.54, 1.807) is 0 Å². The highest BCUT2D eigenvalue weighted by molar-refractivity contribution is 6.10. The lowest BCUT2D eigenvalue weighted by molar-refractivity contribution is 0.661. The van der Waals surface area contributed by atoms with Gasteiger partial charge in [-0.3, -0.25) is 0 Å². The lowest BCUT2D eigenvalue weighted by Crippen LogP contribution is -2.16. The maximum absolute atomic E-state index is 2.49. The molecule has 0 saturated carbocycles. The summed E-state index contributed by atoms with van der Waals surface area (Å²) in [6, 6.07) is 62.5. The number of hydrogen-bond donors (Lipinski definition) is 0. The summed E-state index contributed by atoms with van der Waals surface area (Å²) in [4.78, 5) is 2.49. The number of fused-ring (bicyclic) bond motifs is 5. The highest BCUT2D eigenvalue weighted by atomic mass is 15.1. The Morgan fingerprint density at radius 2 is 1.04 bits per heavy atom. The molecule has 0 aromatic heterocycles. The molecule has 0 spiro atoms. The molecule has 0 heterocycles. The largest absolute Gasteiger partial charge is 0.309 e. The highest BCUT2D eigenvalue weighted by Crippen LogP contribution is 2.56. The van der Waals surface area contributed by atoms with Crippen molar-refractivity contribution in [3.8, 4) is 33.4 Å². The van der Waals surface area contributed by atoms with E-state index in [-0.39, 0.29) is 5.41 Å². The maximum atomic E-state index is 2.49. The van der Waals surface area contributed by atoms with E-state index in [0.29, 0.717) is 0 Å². The Hall–Kier alpha value is -5.92. The number of aryl methyl sites for hydroxylation is 1. The number of hydrogen-bond acceptors (Lipinski definition) is 1. The van der Waals surface area contributed by atoms with Gasteiger partial charge >= 0.3 is 0 Å². The van der Waals surface area contributed by atoms with Crippen LogP contribution in [0.25, 0.3) is 54.9 Å². The molecule has 0 saturated heterocycles. The Labute approximate surface area is 288 Å². The molecule has 0 aliphatic heterocycles. The van der Waals surface area contributed by atoms with Gasteiger partial charge in [-0.2, -0.15) is 0 Å². The van der Waals surface area contributed by atoms with Crippen LogP contribution in [0.15, 0.2) is 170 Å². The minimum absolute atomic E-state index is 0.114. The molecule has 0 radical (unpaired) electrons. The Bertz CT molecular complexity index is 2500. The van der Waals surface area contributed by atoms with E-state index in [2.05, 4.69) is 196 Å². The first-order valence-corrected chi connectivity index (χ1v) is 17.2. The monoisotopic (exact) mass is 627 g/mol. The molecule has 0 fully saturated rings. The lowest BCUT2D eigenvalue weighted by Gasteiger charge is -2.31. The van der Waals surface area contributed by atoms with Gasteiger partial charge < -0.3 is 4.90 Å². The van der Waals surface area contributed by atoms with Crippen LogP contribution in [-0.2, 0) is 5.41 Å². The summed E-state index contributed by atoms with van der Waals surface area (Å²) in [5.74, 6) is 0. The predicted molar refractivity (Wildman–Crippen MR) is 209 cm³/mol. The van der Waals surface area contributed by atoms with Gasteiger partial charge in [-0.25, -0.2) is 0 Å². The van der Waals surface area contributed by atoms with E-state index in [0.717, 1.165) is 11.4 Å². The summed E-state index contributed by atoms with van der Waals surface area (Å²) in [5.41, 5.74) is 15.0. The number of nitrogens with zero attached hydrogens (tertiary/aromatic N) is 1. The fourth-order valence-corrected chi connectivity index (χ4v) is 8.04. The zero-order valence-electron chi connectivity index (χ0n) is 28.1. The standard InChI is InChI=1S/C48H37N/c1-32-21-26-37(27-22-32)49(47-41-18-10-8-16-36(41)31-44-46(47)42-19-11-12-20-43(42)48(44,2)3)38-28-23-34(24-29-38)40-30-25-33-13-7-9-17-39(33)45(40)35-14-5-4-6-15-35/h4-31H,1-3H3. The van der Waals surface area contributed by atoms with Gasteiger partial charge in [0.2, 0.25) is 0 Å². The van der Waals surface area contributed by atoms with Crippen molar-refractivity contribution in [3.63, 3.8) is 0 Å². The summed E-state index contributed by atoms with van der Waals surface area (Å²) in [6.45, 7) is 6.90. The number of benzene rings is 8. The van der Waals surface area contributed by atoms with Gasteiger partial charge in [-0.1, -0.05) is 159 Å². The summed E-state index contributed by atoms with van der Waals surface area (Å²) in [6.07, 6.45) is 0. The van der Waals surface area contributed by atoms with Crippen molar-refractivity contribution in [3.05, 3.63) is 187 Å². The van der Waals surface area contributed by atoms with Crippen LogP contribution in [-0.4, -0.2) is 0 Å². The van der Waals surface area contributed by atoms with Gasteiger partial charge in [0.15, 0.2) is 0 Å². The minimum Gasteiger partial charge on any atom is -0.309 e. The normalized spacial score (nSPS) is 13.0. The molecule has 1 heteroatoms. The molecule has 0 bridgehead atoms. The van der Waals surface area contributed by atoms with Gasteiger partial charge in [0.1, 0.15) is 0 Å². The van der Waals surface area contributed by atoms with Crippen molar-refractivity contribution in [1.82, 2.24) is 0 Å². The highest BCUT2D eigenvalue weighted by Gasteiger charge is 2.39. The summed E-state index contributed by atoms with van der Waals surface area (Å²) >= 11 is 0. The summed E-state index contributed by atoms with van der Waals surface area (Å²) in [7, 11) is 0. The predicted octanol–water partition coefficient (Wildman–Crippen LogP) is 13.4. The smallest absolute Gasteiger partial charge is 0.0621 e. The lowest BCUT2D eigenvalue weighted by atomic mass is 9.81. The third kappa shape index (κ3) is 4.69. The molecule has 8 aromatic rings. The molecule has 9 rings (SSSR count). The zero-order chi connectivity index (χ0) is 33.1. The molecule has 234 valence electrons. The van der Waals surface area contributed by atoms with Crippen molar-refractivity contribution in [2.45, 2.75) is 26.2 Å². The van der Waals surface area contributed by atoms with Crippen LogP contribution in [0, 0.1) is 6.92 Å². The second-order valence-corrected chi connectivity index (χ2v) is 13.8. The van der Waals surface area contributed by atoms with E-state index in [1.807, 2.05) is 0 Å². The molecular weight excluding hydrogens is 591 g/mol. The Balaban J connectivity index is 1.29. The molecule has 8 aromatic carbocycles. The topological polar surface area (TPSA) is 3.24 Å². The Morgan fingerprint density at radius 1 is 0.429 bits per heavy atom. The van der Waals surface area contributed by atoms with E-state index in [4.69, 9.17) is 0 Å². The third-order valence-electron chi connectivity index (χ3n) is 10.5. The molecule has 0 N–H and O–H groups in total. The van der Waals surface area contributed by atoms with Gasteiger partial charge in [-0.15, -0.1) is 0 Å². The van der Waals surface area contributed by atoms with Crippen molar-refractivity contribution >= 4 is 38.6 Å². The zero-order valence-corrected chi connectivity index (χ0v) is 28.1. The molecule has 1 nitrogen and oxygen atoms in total. The first-order valence-electron chi connectivity index (χ1n) is 17.2. The van der Waals surface area contributed by atoms with Crippen LogP contribution in [0.1, 0.15) is 30.5 Å². The molecular formula is C48H37N. The van der Waals surface area contributed by atoms with E-state index >= 15 is 0 Å². The Morgan fingerprint density at radius 3 is 1.80 bits per heavy atom. The van der Waals surface area contributed by atoms with Crippen LogP contribution in [0.3, 0.4) is 0 Å². The second-order valence-electron chi connectivity index (χ2n) is 13.8. The average molecular weight is 628 g/mol. The van der Waals surface area contributed by atoms with Gasteiger partial charge in [0, 0.05) is 27.7 Å². The first-order chi connectivity index (χ1) is 24.0. The fraction of sp³-hybridized carbons (Fsp3) is 0.0833. The molecule has 0 amide bonds. The van der Waals surface area contributed by atoms with Crippen LogP contribution in [0.4, 0.5) is 17.1 Å². The fourth-order valence-electron chi connectivity index (χ4n) is 8.04.